The Kier molecular flexibility index (Phi) is 6.64. The Bertz CT molecular complexity index is 1040. The summed E-state index contributed by atoms with van der Waals surface area (Å²) in [5.74, 6) is 0.284. The third-order valence-electron chi connectivity index (χ3n) is 3.82. The molecule has 1 amide bonds. The number of pyridine rings is 1. The molecule has 0 saturated heterocycles. The van der Waals surface area contributed by atoms with E-state index in [1.807, 2.05) is 0 Å². The van der Waals surface area contributed by atoms with Crippen molar-refractivity contribution in [1.82, 2.24) is 10.4 Å². The number of nitrogens with zero attached hydrogens (tertiary/aromatic N) is 3. The van der Waals surface area contributed by atoms with Crippen molar-refractivity contribution in [2.75, 3.05) is 0 Å². The van der Waals surface area contributed by atoms with E-state index in [4.69, 9.17) is 4.74 Å². The number of amides is 1. The fourth-order valence-corrected chi connectivity index (χ4v) is 2.83. The van der Waals surface area contributed by atoms with Crippen molar-refractivity contribution in [3.8, 4) is 5.75 Å². The number of nitrogens with one attached hydrogen (secondary N) is 1. The van der Waals surface area contributed by atoms with Crippen molar-refractivity contribution >= 4 is 33.7 Å². The van der Waals surface area contributed by atoms with Crippen molar-refractivity contribution in [2.24, 2.45) is 5.10 Å². The minimum atomic E-state index is -0.443. The Morgan fingerprint density at radius 3 is 2.55 bits per heavy atom. The van der Waals surface area contributed by atoms with Crippen LogP contribution in [-0.4, -0.2) is 22.0 Å². The Morgan fingerprint density at radius 2 is 1.90 bits per heavy atom. The highest BCUT2D eigenvalue weighted by Gasteiger charge is 2.06. The van der Waals surface area contributed by atoms with Crippen LogP contribution in [0.5, 0.6) is 5.75 Å². The summed E-state index contributed by atoms with van der Waals surface area (Å²) < 4.78 is 6.45. The summed E-state index contributed by atoms with van der Waals surface area (Å²) in [4.78, 5) is 26.0. The molecule has 1 aromatic heterocycles. The van der Waals surface area contributed by atoms with Gasteiger partial charge in [0.2, 0.25) is 0 Å². The van der Waals surface area contributed by atoms with Gasteiger partial charge in [0.25, 0.3) is 11.6 Å². The molecule has 0 aliphatic carbocycles. The SMILES string of the molecule is O=C(N/N=C\c1ccc(OCc2ccc([N+](=O)[O-])cc2)c(Br)c1)c1ccncc1. The Hall–Kier alpha value is -3.59. The molecule has 8 nitrogen and oxygen atoms in total. The second-order valence-electron chi connectivity index (χ2n) is 5.84. The summed E-state index contributed by atoms with van der Waals surface area (Å²) in [5.41, 5.74) is 4.52. The summed E-state index contributed by atoms with van der Waals surface area (Å²) >= 11 is 3.44. The van der Waals surface area contributed by atoms with Gasteiger partial charge < -0.3 is 4.74 Å². The molecule has 3 aromatic rings. The first kappa shape index (κ1) is 20.2. The molecule has 2 aromatic carbocycles. The molecule has 3 rings (SSSR count). The van der Waals surface area contributed by atoms with E-state index in [2.05, 4.69) is 31.4 Å². The number of non-ortho nitro benzene ring substituents is 1. The van der Waals surface area contributed by atoms with Gasteiger partial charge in [-0.1, -0.05) is 0 Å². The number of hydrazone groups is 1. The molecule has 0 saturated carbocycles. The number of rotatable bonds is 7. The first-order valence-electron chi connectivity index (χ1n) is 8.42. The average Bonchev–Trinajstić information content (AvgIpc) is 2.74. The molecule has 0 bridgehead atoms. The number of nitro benzene ring substituents is 1. The van der Waals surface area contributed by atoms with E-state index < -0.39 is 4.92 Å². The molecule has 0 atom stereocenters. The van der Waals surface area contributed by atoms with Gasteiger partial charge in [0.05, 0.1) is 15.6 Å². The molecular weight excluding hydrogens is 440 g/mol. The summed E-state index contributed by atoms with van der Waals surface area (Å²) in [7, 11) is 0. The highest BCUT2D eigenvalue weighted by Crippen LogP contribution is 2.26. The van der Waals surface area contributed by atoms with E-state index in [1.54, 1.807) is 42.5 Å². The third kappa shape index (κ3) is 5.69. The molecule has 0 fully saturated rings. The highest BCUT2D eigenvalue weighted by atomic mass is 79.9. The molecule has 0 radical (unpaired) electrons. The minimum absolute atomic E-state index is 0.0367. The largest absolute Gasteiger partial charge is 0.488 e. The van der Waals surface area contributed by atoms with Crippen molar-refractivity contribution in [3.63, 3.8) is 0 Å². The van der Waals surface area contributed by atoms with Gasteiger partial charge in [0, 0.05) is 30.1 Å². The summed E-state index contributed by atoms with van der Waals surface area (Å²) in [6, 6.07) is 14.7. The topological polar surface area (TPSA) is 107 Å². The van der Waals surface area contributed by atoms with Gasteiger partial charge in [0.15, 0.2) is 0 Å². The van der Waals surface area contributed by atoms with Crippen molar-refractivity contribution < 1.29 is 14.5 Å². The maximum Gasteiger partial charge on any atom is 0.271 e. The number of aromatic nitrogens is 1. The Balaban J connectivity index is 1.56. The van der Waals surface area contributed by atoms with Crippen LogP contribution in [0.3, 0.4) is 0 Å². The van der Waals surface area contributed by atoms with Crippen LogP contribution in [0.1, 0.15) is 21.5 Å². The lowest BCUT2D eigenvalue weighted by Crippen LogP contribution is -2.17. The van der Waals surface area contributed by atoms with Crippen LogP contribution in [0.25, 0.3) is 0 Å². The van der Waals surface area contributed by atoms with Gasteiger partial charge in [-0.3, -0.25) is 19.9 Å². The van der Waals surface area contributed by atoms with Crippen LogP contribution >= 0.6 is 15.9 Å². The number of halogens is 1. The predicted molar refractivity (Wildman–Crippen MR) is 111 cm³/mol. The second kappa shape index (κ2) is 9.56. The van der Waals surface area contributed by atoms with E-state index in [0.717, 1.165) is 11.1 Å². The van der Waals surface area contributed by atoms with Crippen LogP contribution in [-0.2, 0) is 6.61 Å². The number of benzene rings is 2. The lowest BCUT2D eigenvalue weighted by molar-refractivity contribution is -0.384. The molecule has 0 aliphatic rings. The van der Waals surface area contributed by atoms with Crippen LogP contribution in [0.2, 0.25) is 0 Å². The predicted octanol–water partition coefficient (Wildman–Crippen LogP) is 4.10. The fraction of sp³-hybridized carbons (Fsp3) is 0.0500. The summed E-state index contributed by atoms with van der Waals surface area (Å²) in [6.45, 7) is 0.270. The van der Waals surface area contributed by atoms with Crippen molar-refractivity contribution in [1.29, 1.82) is 0 Å². The molecule has 0 spiro atoms. The van der Waals surface area contributed by atoms with Crippen LogP contribution in [0.4, 0.5) is 5.69 Å². The van der Waals surface area contributed by atoms with E-state index in [0.29, 0.717) is 15.8 Å². The smallest absolute Gasteiger partial charge is 0.271 e. The monoisotopic (exact) mass is 454 g/mol. The van der Waals surface area contributed by atoms with Crippen molar-refractivity contribution in [2.45, 2.75) is 6.61 Å². The molecule has 1 N–H and O–H groups in total. The zero-order valence-electron chi connectivity index (χ0n) is 15.0. The van der Waals surface area contributed by atoms with Crippen LogP contribution in [0.15, 0.2) is 76.6 Å². The summed E-state index contributed by atoms with van der Waals surface area (Å²) in [6.07, 6.45) is 4.58. The normalized spacial score (nSPS) is 10.7. The highest BCUT2D eigenvalue weighted by molar-refractivity contribution is 9.10. The second-order valence-corrected chi connectivity index (χ2v) is 6.69. The van der Waals surface area contributed by atoms with Crippen LogP contribution < -0.4 is 10.2 Å². The van der Waals surface area contributed by atoms with Gasteiger partial charge in [-0.25, -0.2) is 5.43 Å². The van der Waals surface area contributed by atoms with Gasteiger partial charge in [-0.2, -0.15) is 5.10 Å². The van der Waals surface area contributed by atoms with E-state index >= 15 is 0 Å². The standard InChI is InChI=1S/C20H15BrN4O4/c21-18-11-15(12-23-24-20(26)16-7-9-22-10-8-16)3-6-19(18)29-13-14-1-4-17(5-2-14)25(27)28/h1-12H,13H2,(H,24,26)/b23-12-. The van der Waals surface area contributed by atoms with Gasteiger partial charge >= 0.3 is 0 Å². The third-order valence-corrected chi connectivity index (χ3v) is 4.44. The van der Waals surface area contributed by atoms with E-state index in [9.17, 15) is 14.9 Å². The number of ether oxygens (including phenoxy) is 1. The zero-order chi connectivity index (χ0) is 20.6. The number of carbonyl (C=O) groups excluding carboxylic acids is 1. The average molecular weight is 455 g/mol. The summed E-state index contributed by atoms with van der Waals surface area (Å²) in [5, 5.41) is 14.6. The van der Waals surface area contributed by atoms with E-state index in [-0.39, 0.29) is 18.2 Å². The Labute approximate surface area is 174 Å². The molecule has 0 aliphatic heterocycles. The molecule has 9 heteroatoms. The van der Waals surface area contributed by atoms with E-state index in [1.165, 1.54) is 30.7 Å². The van der Waals surface area contributed by atoms with Gasteiger partial charge in [-0.05, 0) is 69.5 Å². The minimum Gasteiger partial charge on any atom is -0.488 e. The number of hydrogen-bond acceptors (Lipinski definition) is 6. The molecule has 29 heavy (non-hydrogen) atoms. The van der Waals surface area contributed by atoms with Crippen LogP contribution in [0, 0.1) is 10.1 Å². The van der Waals surface area contributed by atoms with Gasteiger partial charge in [0.1, 0.15) is 12.4 Å². The number of hydrogen-bond donors (Lipinski definition) is 1. The quantitative estimate of drug-likeness (QED) is 0.328. The first-order chi connectivity index (χ1) is 14.0. The maximum atomic E-state index is 11.9. The zero-order valence-corrected chi connectivity index (χ0v) is 16.6. The fourth-order valence-electron chi connectivity index (χ4n) is 2.32. The van der Waals surface area contributed by atoms with Gasteiger partial charge in [-0.15, -0.1) is 0 Å². The van der Waals surface area contributed by atoms with Crippen molar-refractivity contribution in [3.05, 3.63) is 98.3 Å². The lowest BCUT2D eigenvalue weighted by atomic mass is 10.2. The molecule has 0 unspecified atom stereocenters. The molecule has 1 heterocycles. The number of carbonyl (C=O) groups is 1. The maximum absolute atomic E-state index is 11.9. The molecular formula is C20H15BrN4O4. The first-order valence-corrected chi connectivity index (χ1v) is 9.21. The lowest BCUT2D eigenvalue weighted by Gasteiger charge is -2.09. The molecule has 146 valence electrons. The number of nitro groups is 1. The Morgan fingerprint density at radius 1 is 1.17 bits per heavy atom.